The summed E-state index contributed by atoms with van der Waals surface area (Å²) in [5.41, 5.74) is 2.09. The van der Waals surface area contributed by atoms with Crippen molar-refractivity contribution >= 4 is 0 Å². The van der Waals surface area contributed by atoms with Crippen LogP contribution in [0.4, 0.5) is 0 Å². The highest BCUT2D eigenvalue weighted by Gasteiger charge is 2.24. The van der Waals surface area contributed by atoms with Crippen LogP contribution in [0.2, 0.25) is 0 Å². The molecule has 1 atom stereocenters. The summed E-state index contributed by atoms with van der Waals surface area (Å²) in [6.07, 6.45) is 2.36. The molecule has 0 saturated carbocycles. The highest BCUT2D eigenvalue weighted by Crippen LogP contribution is 2.43. The maximum absolute atomic E-state index is 5.56. The lowest BCUT2D eigenvalue weighted by Gasteiger charge is -2.31. The molecule has 0 bridgehead atoms. The summed E-state index contributed by atoms with van der Waals surface area (Å²) in [7, 11) is 4.75. The number of hydrogen-bond donors (Lipinski definition) is 0. The van der Waals surface area contributed by atoms with Gasteiger partial charge in [-0.05, 0) is 43.0 Å². The molecule has 0 amide bonds. The van der Waals surface area contributed by atoms with E-state index >= 15 is 0 Å². The lowest BCUT2D eigenvalue weighted by molar-refractivity contribution is 0.177. The molecule has 1 aliphatic rings. The summed E-state index contributed by atoms with van der Waals surface area (Å²) in [4.78, 5) is 7.00. The molecule has 0 radical (unpaired) electrons. The van der Waals surface area contributed by atoms with Gasteiger partial charge in [-0.3, -0.25) is 4.90 Å². The minimum Gasteiger partial charge on any atom is -0.493 e. The van der Waals surface area contributed by atoms with E-state index in [9.17, 15) is 0 Å². The van der Waals surface area contributed by atoms with Crippen LogP contribution in [0, 0.1) is 0 Å². The molecular formula is C23H27N3O4. The fraction of sp³-hybridized carbons (Fsp3) is 0.391. The number of piperidine rings is 1. The first kappa shape index (κ1) is 20.2. The molecule has 3 aromatic rings. The molecule has 7 nitrogen and oxygen atoms in total. The van der Waals surface area contributed by atoms with Crippen molar-refractivity contribution in [2.24, 2.45) is 0 Å². The fourth-order valence-electron chi connectivity index (χ4n) is 4.09. The van der Waals surface area contributed by atoms with E-state index in [2.05, 4.69) is 45.4 Å². The topological polar surface area (TPSA) is 69.9 Å². The van der Waals surface area contributed by atoms with Gasteiger partial charge >= 0.3 is 0 Å². The van der Waals surface area contributed by atoms with Gasteiger partial charge in [0.1, 0.15) is 0 Å². The first-order valence-electron chi connectivity index (χ1n) is 10.1. The molecule has 1 aromatic heterocycles. The number of ether oxygens (including phenoxy) is 3. The summed E-state index contributed by atoms with van der Waals surface area (Å²) in [6.45, 7) is 2.65. The van der Waals surface area contributed by atoms with E-state index in [4.69, 9.17) is 18.7 Å². The fourth-order valence-corrected chi connectivity index (χ4v) is 4.09. The van der Waals surface area contributed by atoms with Gasteiger partial charge in [-0.15, -0.1) is 0 Å². The molecule has 1 aliphatic heterocycles. The average Bonchev–Trinajstić information content (AvgIpc) is 3.26. The van der Waals surface area contributed by atoms with E-state index in [1.807, 2.05) is 12.1 Å². The van der Waals surface area contributed by atoms with E-state index in [-0.39, 0.29) is 0 Å². The van der Waals surface area contributed by atoms with Crippen molar-refractivity contribution in [3.8, 4) is 28.6 Å². The van der Waals surface area contributed by atoms with Crippen molar-refractivity contribution in [1.82, 2.24) is 15.0 Å². The molecule has 0 N–H and O–H groups in total. The van der Waals surface area contributed by atoms with E-state index in [0.717, 1.165) is 19.5 Å². The number of rotatable bonds is 7. The Hall–Kier alpha value is -3.06. The van der Waals surface area contributed by atoms with Gasteiger partial charge < -0.3 is 18.7 Å². The highest BCUT2D eigenvalue weighted by atomic mass is 16.5. The van der Waals surface area contributed by atoms with Crippen LogP contribution >= 0.6 is 0 Å². The first-order chi connectivity index (χ1) is 14.7. The number of hydrogen-bond acceptors (Lipinski definition) is 7. The van der Waals surface area contributed by atoms with Crippen LogP contribution in [-0.4, -0.2) is 49.5 Å². The monoisotopic (exact) mass is 409 g/mol. The van der Waals surface area contributed by atoms with Gasteiger partial charge in [0.05, 0.1) is 33.4 Å². The second kappa shape index (κ2) is 9.17. The van der Waals surface area contributed by atoms with Gasteiger partial charge in [0.25, 0.3) is 0 Å². The van der Waals surface area contributed by atoms with Crippen LogP contribution in [-0.2, 0) is 6.54 Å². The Morgan fingerprint density at radius 1 is 1.00 bits per heavy atom. The number of benzene rings is 2. The smallest absolute Gasteiger partial charge is 0.241 e. The maximum atomic E-state index is 5.56. The lowest BCUT2D eigenvalue weighted by atomic mass is 9.91. The van der Waals surface area contributed by atoms with Crippen molar-refractivity contribution in [1.29, 1.82) is 0 Å². The largest absolute Gasteiger partial charge is 0.493 e. The van der Waals surface area contributed by atoms with Crippen LogP contribution < -0.4 is 14.2 Å². The van der Waals surface area contributed by atoms with Crippen molar-refractivity contribution in [2.45, 2.75) is 25.3 Å². The maximum Gasteiger partial charge on any atom is 0.241 e. The molecule has 0 unspecified atom stereocenters. The SMILES string of the molecule is COc1ccc(-c2noc(CN3CCC[C@@H](c4ccccc4)C3)n2)c(OC)c1OC. The van der Waals surface area contributed by atoms with E-state index in [1.54, 1.807) is 21.3 Å². The zero-order valence-electron chi connectivity index (χ0n) is 17.6. The summed E-state index contributed by atoms with van der Waals surface area (Å²) >= 11 is 0. The van der Waals surface area contributed by atoms with E-state index < -0.39 is 0 Å². The Kier molecular flexibility index (Phi) is 6.18. The third-order valence-corrected chi connectivity index (χ3v) is 5.55. The second-order valence-corrected chi connectivity index (χ2v) is 7.38. The van der Waals surface area contributed by atoms with Crippen LogP contribution in [0.25, 0.3) is 11.4 Å². The summed E-state index contributed by atoms with van der Waals surface area (Å²) in [5, 5.41) is 4.18. The number of likely N-dealkylation sites (tertiary alicyclic amines) is 1. The van der Waals surface area contributed by atoms with Crippen molar-refractivity contribution < 1.29 is 18.7 Å². The molecule has 0 aliphatic carbocycles. The Labute approximate surface area is 176 Å². The molecule has 30 heavy (non-hydrogen) atoms. The van der Waals surface area contributed by atoms with Crippen molar-refractivity contribution in [2.75, 3.05) is 34.4 Å². The molecule has 158 valence electrons. The molecule has 2 aromatic carbocycles. The standard InChI is InChI=1S/C23H27N3O4/c1-27-19-12-11-18(21(28-2)22(19)29-3)23-24-20(30-25-23)15-26-13-7-10-17(14-26)16-8-5-4-6-9-16/h4-6,8-9,11-12,17H,7,10,13-15H2,1-3H3/t17-/m1/s1. The Morgan fingerprint density at radius 3 is 2.53 bits per heavy atom. The molecule has 4 rings (SSSR count). The molecule has 1 fully saturated rings. The molecule has 2 heterocycles. The summed E-state index contributed by atoms with van der Waals surface area (Å²) in [6, 6.07) is 14.4. The quantitative estimate of drug-likeness (QED) is 0.581. The summed E-state index contributed by atoms with van der Waals surface area (Å²) in [5.74, 6) is 3.21. The van der Waals surface area contributed by atoms with Gasteiger partial charge in [0, 0.05) is 6.54 Å². The van der Waals surface area contributed by atoms with Crippen molar-refractivity contribution in [3.63, 3.8) is 0 Å². The second-order valence-electron chi connectivity index (χ2n) is 7.38. The van der Waals surface area contributed by atoms with Gasteiger partial charge in [-0.2, -0.15) is 4.98 Å². The van der Waals surface area contributed by atoms with Crippen LogP contribution in [0.1, 0.15) is 30.2 Å². The number of methoxy groups -OCH3 is 3. The molecular weight excluding hydrogens is 382 g/mol. The zero-order chi connectivity index (χ0) is 20.9. The third-order valence-electron chi connectivity index (χ3n) is 5.55. The Balaban J connectivity index is 1.51. The van der Waals surface area contributed by atoms with Gasteiger partial charge in [0.15, 0.2) is 11.5 Å². The average molecular weight is 409 g/mol. The number of aromatic nitrogens is 2. The molecule has 1 saturated heterocycles. The predicted molar refractivity (Wildman–Crippen MR) is 113 cm³/mol. The zero-order valence-corrected chi connectivity index (χ0v) is 17.6. The molecule has 7 heteroatoms. The minimum absolute atomic E-state index is 0.472. The van der Waals surface area contributed by atoms with E-state index in [0.29, 0.717) is 47.0 Å². The van der Waals surface area contributed by atoms with Crippen molar-refractivity contribution in [3.05, 3.63) is 53.9 Å². The van der Waals surface area contributed by atoms with Crippen LogP contribution in [0.15, 0.2) is 47.0 Å². The van der Waals surface area contributed by atoms with Gasteiger partial charge in [-0.1, -0.05) is 35.5 Å². The highest BCUT2D eigenvalue weighted by molar-refractivity contribution is 5.72. The van der Waals surface area contributed by atoms with Crippen LogP contribution in [0.5, 0.6) is 17.2 Å². The van der Waals surface area contributed by atoms with E-state index in [1.165, 1.54) is 12.0 Å². The normalized spacial score (nSPS) is 17.0. The van der Waals surface area contributed by atoms with Gasteiger partial charge in [0.2, 0.25) is 17.5 Å². The lowest BCUT2D eigenvalue weighted by Crippen LogP contribution is -2.33. The van der Waals surface area contributed by atoms with Gasteiger partial charge in [-0.25, -0.2) is 0 Å². The summed E-state index contributed by atoms with van der Waals surface area (Å²) < 4.78 is 21.9. The molecule has 0 spiro atoms. The van der Waals surface area contributed by atoms with Crippen LogP contribution in [0.3, 0.4) is 0 Å². The Morgan fingerprint density at radius 2 is 1.80 bits per heavy atom. The minimum atomic E-state index is 0.472. The third kappa shape index (κ3) is 4.11. The number of nitrogens with zero attached hydrogens (tertiary/aromatic N) is 3. The first-order valence-corrected chi connectivity index (χ1v) is 10.1. The Bertz CT molecular complexity index is 974. The predicted octanol–water partition coefficient (Wildman–Crippen LogP) is 4.14.